The number of nitrogens with one attached hydrogen (secondary N) is 2. The van der Waals surface area contributed by atoms with Crippen molar-refractivity contribution in [1.82, 2.24) is 4.98 Å². The maximum Gasteiger partial charge on any atom is 0.416 e. The molecule has 1 aromatic heterocycles. The third-order valence-corrected chi connectivity index (χ3v) is 4.11. The molecular formula is C17H13F3N2O3. The van der Waals surface area contributed by atoms with Crippen LogP contribution in [0.25, 0.3) is 0 Å². The molecule has 0 radical (unpaired) electrons. The Labute approximate surface area is 139 Å². The van der Waals surface area contributed by atoms with E-state index >= 15 is 0 Å². The van der Waals surface area contributed by atoms with Gasteiger partial charge >= 0.3 is 12.1 Å². The standard InChI is InChI=1S/C17H13F3N2O3/c1-8-12(16(24)25)13(14-11(22-8)6-7-21-15(14)23)9-4-2-3-5-10(9)17(18,19)20/h2-7,13,22H,1H3,(H,21,23)(H,24,25). The van der Waals surface area contributed by atoms with Crippen molar-refractivity contribution in [2.24, 2.45) is 0 Å². The van der Waals surface area contributed by atoms with E-state index in [2.05, 4.69) is 10.3 Å². The van der Waals surface area contributed by atoms with Gasteiger partial charge in [0.2, 0.25) is 0 Å². The van der Waals surface area contributed by atoms with Crippen LogP contribution in [0.5, 0.6) is 0 Å². The quantitative estimate of drug-likeness (QED) is 0.776. The number of pyridine rings is 1. The van der Waals surface area contributed by atoms with E-state index in [1.54, 1.807) is 0 Å². The van der Waals surface area contributed by atoms with Crippen molar-refractivity contribution in [2.45, 2.75) is 19.0 Å². The summed E-state index contributed by atoms with van der Waals surface area (Å²) in [6.07, 6.45) is -3.33. The number of carboxylic acid groups (broad SMARTS) is 1. The second kappa shape index (κ2) is 5.80. The number of alkyl halides is 3. The molecule has 1 aliphatic rings. The molecule has 0 aliphatic carbocycles. The third kappa shape index (κ3) is 2.79. The Morgan fingerprint density at radius 3 is 2.52 bits per heavy atom. The first-order valence-corrected chi connectivity index (χ1v) is 7.30. The Morgan fingerprint density at radius 2 is 1.88 bits per heavy atom. The molecule has 3 N–H and O–H groups in total. The highest BCUT2D eigenvalue weighted by molar-refractivity contribution is 5.93. The molecule has 1 unspecified atom stereocenters. The summed E-state index contributed by atoms with van der Waals surface area (Å²) in [6, 6.07) is 6.18. The lowest BCUT2D eigenvalue weighted by atomic mass is 9.79. The number of hydrogen-bond acceptors (Lipinski definition) is 3. The number of carbonyl (C=O) groups is 1. The fraction of sp³-hybridized carbons (Fsp3) is 0.176. The smallest absolute Gasteiger partial charge is 0.416 e. The second-order valence-electron chi connectivity index (χ2n) is 5.62. The zero-order valence-electron chi connectivity index (χ0n) is 12.9. The van der Waals surface area contributed by atoms with Crippen LogP contribution in [0.2, 0.25) is 0 Å². The van der Waals surface area contributed by atoms with Crippen molar-refractivity contribution in [3.05, 3.63) is 74.8 Å². The molecule has 0 fully saturated rings. The van der Waals surface area contributed by atoms with Crippen molar-refractivity contribution in [2.75, 3.05) is 5.32 Å². The molecule has 1 atom stereocenters. The van der Waals surface area contributed by atoms with Gasteiger partial charge in [0.1, 0.15) is 0 Å². The number of aliphatic carboxylic acids is 1. The van der Waals surface area contributed by atoms with E-state index in [4.69, 9.17) is 0 Å². The van der Waals surface area contributed by atoms with E-state index in [0.717, 1.165) is 6.07 Å². The molecule has 25 heavy (non-hydrogen) atoms. The molecular weight excluding hydrogens is 337 g/mol. The number of H-pyrrole nitrogens is 1. The molecule has 5 nitrogen and oxygen atoms in total. The molecule has 8 heteroatoms. The molecule has 0 saturated carbocycles. The summed E-state index contributed by atoms with van der Waals surface area (Å²) in [4.78, 5) is 26.4. The molecule has 2 aromatic rings. The fourth-order valence-electron chi connectivity index (χ4n) is 3.12. The highest BCUT2D eigenvalue weighted by Crippen LogP contribution is 2.44. The molecule has 0 spiro atoms. The van der Waals surface area contributed by atoms with Crippen LogP contribution in [0, 0.1) is 0 Å². The van der Waals surface area contributed by atoms with Crippen molar-refractivity contribution in [1.29, 1.82) is 0 Å². The Hall–Kier alpha value is -3.03. The van der Waals surface area contributed by atoms with Gasteiger partial charge in [-0.3, -0.25) is 4.79 Å². The molecule has 2 heterocycles. The van der Waals surface area contributed by atoms with E-state index in [1.165, 1.54) is 37.4 Å². The normalized spacial score (nSPS) is 17.0. The Bertz CT molecular complexity index is 945. The monoisotopic (exact) mass is 350 g/mol. The largest absolute Gasteiger partial charge is 0.478 e. The van der Waals surface area contributed by atoms with E-state index in [9.17, 15) is 27.9 Å². The van der Waals surface area contributed by atoms with Gasteiger partial charge in [-0.1, -0.05) is 18.2 Å². The molecule has 0 bridgehead atoms. The average Bonchev–Trinajstić information content (AvgIpc) is 2.52. The van der Waals surface area contributed by atoms with Crippen LogP contribution in [0.1, 0.15) is 29.5 Å². The Morgan fingerprint density at radius 1 is 1.20 bits per heavy atom. The zero-order chi connectivity index (χ0) is 18.4. The lowest BCUT2D eigenvalue weighted by Gasteiger charge is -2.29. The Balaban J connectivity index is 2.38. The van der Waals surface area contributed by atoms with Gasteiger partial charge in [0.15, 0.2) is 0 Å². The van der Waals surface area contributed by atoms with Crippen LogP contribution in [0.4, 0.5) is 18.9 Å². The topological polar surface area (TPSA) is 82.2 Å². The third-order valence-electron chi connectivity index (χ3n) is 4.11. The number of fused-ring (bicyclic) bond motifs is 1. The number of halogens is 3. The van der Waals surface area contributed by atoms with Gasteiger partial charge in [-0.25, -0.2) is 4.79 Å². The minimum atomic E-state index is -4.68. The predicted molar refractivity (Wildman–Crippen MR) is 84.3 cm³/mol. The second-order valence-corrected chi connectivity index (χ2v) is 5.62. The lowest BCUT2D eigenvalue weighted by Crippen LogP contribution is -2.30. The van der Waals surface area contributed by atoms with Crippen LogP contribution in [0.15, 0.2) is 52.6 Å². The summed E-state index contributed by atoms with van der Waals surface area (Å²) < 4.78 is 40.3. The SMILES string of the molecule is CC1=C(C(=O)O)C(c2ccccc2C(F)(F)F)c2c(cc[nH]c2=O)N1. The summed E-state index contributed by atoms with van der Waals surface area (Å²) in [5.74, 6) is -2.72. The van der Waals surface area contributed by atoms with E-state index in [-0.39, 0.29) is 28.1 Å². The molecule has 3 rings (SSSR count). The van der Waals surface area contributed by atoms with Crippen LogP contribution < -0.4 is 10.9 Å². The summed E-state index contributed by atoms with van der Waals surface area (Å²) in [5.41, 5.74) is -1.75. The van der Waals surface area contributed by atoms with Gasteiger partial charge in [-0.05, 0) is 24.6 Å². The van der Waals surface area contributed by atoms with E-state index in [0.29, 0.717) is 0 Å². The highest BCUT2D eigenvalue weighted by Gasteiger charge is 2.40. The number of hydrogen-bond donors (Lipinski definition) is 3. The van der Waals surface area contributed by atoms with Crippen LogP contribution in [-0.4, -0.2) is 16.1 Å². The van der Waals surface area contributed by atoms with Gasteiger partial charge in [-0.2, -0.15) is 13.2 Å². The van der Waals surface area contributed by atoms with Crippen molar-refractivity contribution < 1.29 is 23.1 Å². The van der Waals surface area contributed by atoms with Crippen LogP contribution in [0.3, 0.4) is 0 Å². The van der Waals surface area contributed by atoms with E-state index in [1.807, 2.05) is 0 Å². The number of carboxylic acids is 1. The summed E-state index contributed by atoms with van der Waals surface area (Å²) >= 11 is 0. The van der Waals surface area contributed by atoms with Gasteiger partial charge in [0.25, 0.3) is 5.56 Å². The first-order chi connectivity index (χ1) is 11.7. The molecule has 1 aromatic carbocycles. The van der Waals surface area contributed by atoms with Crippen molar-refractivity contribution in [3.8, 4) is 0 Å². The molecule has 130 valence electrons. The first kappa shape index (κ1) is 16.8. The maximum atomic E-state index is 13.4. The first-order valence-electron chi connectivity index (χ1n) is 7.30. The Kier molecular flexibility index (Phi) is 3.90. The van der Waals surface area contributed by atoms with Gasteiger partial charge in [-0.15, -0.1) is 0 Å². The predicted octanol–water partition coefficient (Wildman–Crippen LogP) is 3.31. The maximum absolute atomic E-state index is 13.4. The van der Waals surface area contributed by atoms with Crippen molar-refractivity contribution >= 4 is 11.7 Å². The number of anilines is 1. The summed E-state index contributed by atoms with van der Waals surface area (Å²) in [6.45, 7) is 1.46. The van der Waals surface area contributed by atoms with Crippen molar-refractivity contribution in [3.63, 3.8) is 0 Å². The summed E-state index contributed by atoms with van der Waals surface area (Å²) in [7, 11) is 0. The molecule has 0 saturated heterocycles. The van der Waals surface area contributed by atoms with Crippen LogP contribution >= 0.6 is 0 Å². The highest BCUT2D eigenvalue weighted by atomic mass is 19.4. The van der Waals surface area contributed by atoms with Gasteiger partial charge in [0.05, 0.1) is 22.6 Å². The zero-order valence-corrected chi connectivity index (χ0v) is 12.9. The van der Waals surface area contributed by atoms with Crippen LogP contribution in [-0.2, 0) is 11.0 Å². The van der Waals surface area contributed by atoms with Gasteiger partial charge < -0.3 is 15.4 Å². The molecule has 0 amide bonds. The number of aromatic amines is 1. The average molecular weight is 350 g/mol. The summed E-state index contributed by atoms with van der Waals surface area (Å²) in [5, 5.41) is 12.3. The minimum Gasteiger partial charge on any atom is -0.478 e. The number of allylic oxidation sites excluding steroid dienone is 1. The number of benzene rings is 1. The van der Waals surface area contributed by atoms with E-state index < -0.39 is 29.2 Å². The minimum absolute atomic E-state index is 0.0535. The molecule has 1 aliphatic heterocycles. The number of rotatable bonds is 2. The fourth-order valence-corrected chi connectivity index (χ4v) is 3.12. The number of aromatic nitrogens is 1. The lowest BCUT2D eigenvalue weighted by molar-refractivity contribution is -0.139. The van der Waals surface area contributed by atoms with Gasteiger partial charge in [0, 0.05) is 17.6 Å².